The third-order valence-corrected chi connectivity index (χ3v) is 4.66. The van der Waals surface area contributed by atoms with Crippen molar-refractivity contribution in [3.63, 3.8) is 0 Å². The van der Waals surface area contributed by atoms with Gasteiger partial charge in [-0.25, -0.2) is 0 Å². The van der Waals surface area contributed by atoms with Crippen LogP contribution in [0.4, 0.5) is 0 Å². The Labute approximate surface area is 147 Å². The molecule has 8 heteroatoms. The van der Waals surface area contributed by atoms with Crippen molar-refractivity contribution in [2.75, 3.05) is 0 Å². The normalized spacial score (nSPS) is 13.1. The summed E-state index contributed by atoms with van der Waals surface area (Å²) in [7, 11) is 0. The standard InChI is InChI=1S/C15H15Cl2N3O2S/c1-3-12(13(18)21)20-7-8(2)23-15(20)19-14(22)10-5-4-9(16)6-11(10)17/h4-7,12H,3H2,1-2H3,(H2,18,21)/t12-/m1/s1. The molecule has 0 unspecified atom stereocenters. The summed E-state index contributed by atoms with van der Waals surface area (Å²) < 4.78 is 1.63. The lowest BCUT2D eigenvalue weighted by atomic mass is 10.2. The number of hydrogen-bond acceptors (Lipinski definition) is 3. The topological polar surface area (TPSA) is 77.5 Å². The largest absolute Gasteiger partial charge is 0.368 e. The van der Waals surface area contributed by atoms with Crippen LogP contribution in [-0.2, 0) is 4.79 Å². The minimum absolute atomic E-state index is 0.230. The van der Waals surface area contributed by atoms with E-state index in [2.05, 4.69) is 4.99 Å². The number of hydrogen-bond donors (Lipinski definition) is 1. The molecule has 1 atom stereocenters. The second kappa shape index (κ2) is 7.29. The predicted molar refractivity (Wildman–Crippen MR) is 91.9 cm³/mol. The molecule has 0 aliphatic heterocycles. The fraction of sp³-hybridized carbons (Fsp3) is 0.267. The number of amides is 2. The number of carbonyl (C=O) groups is 2. The Morgan fingerprint density at radius 1 is 1.39 bits per heavy atom. The fourth-order valence-electron chi connectivity index (χ4n) is 2.12. The van der Waals surface area contributed by atoms with Gasteiger partial charge < -0.3 is 10.3 Å². The van der Waals surface area contributed by atoms with Gasteiger partial charge in [-0.1, -0.05) is 30.1 Å². The molecule has 1 aromatic heterocycles. The number of nitrogens with two attached hydrogens (primary N) is 1. The molecule has 5 nitrogen and oxygen atoms in total. The summed E-state index contributed by atoms with van der Waals surface area (Å²) in [6, 6.07) is 4.03. The SMILES string of the molecule is CC[C@H](C(N)=O)n1cc(C)sc1=NC(=O)c1ccc(Cl)cc1Cl. The molecule has 0 radical (unpaired) electrons. The minimum Gasteiger partial charge on any atom is -0.368 e. The van der Waals surface area contributed by atoms with Crippen molar-refractivity contribution in [1.82, 2.24) is 4.57 Å². The van der Waals surface area contributed by atoms with Crippen LogP contribution in [0.3, 0.4) is 0 Å². The maximum atomic E-state index is 12.4. The molecule has 2 rings (SSSR count). The van der Waals surface area contributed by atoms with E-state index in [1.807, 2.05) is 13.8 Å². The number of benzene rings is 1. The lowest BCUT2D eigenvalue weighted by molar-refractivity contribution is -0.121. The van der Waals surface area contributed by atoms with Crippen LogP contribution >= 0.6 is 34.5 Å². The third-order valence-electron chi connectivity index (χ3n) is 3.20. The van der Waals surface area contributed by atoms with E-state index in [0.29, 0.717) is 16.2 Å². The van der Waals surface area contributed by atoms with Crippen LogP contribution < -0.4 is 10.5 Å². The number of aromatic nitrogens is 1. The summed E-state index contributed by atoms with van der Waals surface area (Å²) in [6.07, 6.45) is 2.27. The monoisotopic (exact) mass is 371 g/mol. The molecule has 2 amide bonds. The fourth-order valence-corrected chi connectivity index (χ4v) is 3.48. The molecular weight excluding hydrogens is 357 g/mol. The first-order valence-corrected chi connectivity index (χ1v) is 8.42. The Morgan fingerprint density at radius 3 is 2.65 bits per heavy atom. The van der Waals surface area contributed by atoms with Gasteiger partial charge in [0, 0.05) is 16.1 Å². The van der Waals surface area contributed by atoms with Gasteiger partial charge in [-0.3, -0.25) is 9.59 Å². The molecule has 0 saturated heterocycles. The molecule has 1 heterocycles. The first-order chi connectivity index (χ1) is 10.8. The summed E-state index contributed by atoms with van der Waals surface area (Å²) in [6.45, 7) is 3.71. The minimum atomic E-state index is -0.549. The quantitative estimate of drug-likeness (QED) is 0.894. The van der Waals surface area contributed by atoms with Crippen LogP contribution in [0, 0.1) is 6.92 Å². The molecule has 0 aliphatic carbocycles. The number of halogens is 2. The van der Waals surface area contributed by atoms with Crippen molar-refractivity contribution in [3.05, 3.63) is 49.7 Å². The van der Waals surface area contributed by atoms with Crippen LogP contribution in [0.2, 0.25) is 10.0 Å². The highest BCUT2D eigenvalue weighted by atomic mass is 35.5. The van der Waals surface area contributed by atoms with Crippen molar-refractivity contribution in [2.24, 2.45) is 10.7 Å². The zero-order chi connectivity index (χ0) is 17.1. The van der Waals surface area contributed by atoms with E-state index in [9.17, 15) is 9.59 Å². The second-order valence-corrected chi connectivity index (χ2v) is 6.96. The van der Waals surface area contributed by atoms with E-state index in [1.54, 1.807) is 16.8 Å². The lowest BCUT2D eigenvalue weighted by Gasteiger charge is -2.12. The summed E-state index contributed by atoms with van der Waals surface area (Å²) in [4.78, 5) is 29.4. The van der Waals surface area contributed by atoms with Crippen LogP contribution in [0.5, 0.6) is 0 Å². The smallest absolute Gasteiger partial charge is 0.281 e. The highest BCUT2D eigenvalue weighted by Crippen LogP contribution is 2.21. The van der Waals surface area contributed by atoms with Gasteiger partial charge in [0.15, 0.2) is 4.80 Å². The maximum absolute atomic E-state index is 12.4. The summed E-state index contributed by atoms with van der Waals surface area (Å²) in [5.74, 6) is -0.967. The molecule has 0 saturated carbocycles. The molecule has 1 aromatic carbocycles. The molecule has 0 aliphatic rings. The van der Waals surface area contributed by atoms with Crippen LogP contribution in [0.25, 0.3) is 0 Å². The number of thiazole rings is 1. The van der Waals surface area contributed by atoms with Gasteiger partial charge in [-0.2, -0.15) is 4.99 Å². The van der Waals surface area contributed by atoms with Gasteiger partial charge in [0.05, 0.1) is 10.6 Å². The first-order valence-electron chi connectivity index (χ1n) is 6.85. The summed E-state index contributed by atoms with van der Waals surface area (Å²) in [5.41, 5.74) is 5.67. The zero-order valence-electron chi connectivity index (χ0n) is 12.5. The highest BCUT2D eigenvalue weighted by molar-refractivity contribution is 7.09. The summed E-state index contributed by atoms with van der Waals surface area (Å²) >= 11 is 13.2. The van der Waals surface area contributed by atoms with Crippen molar-refractivity contribution in [1.29, 1.82) is 0 Å². The van der Waals surface area contributed by atoms with E-state index in [0.717, 1.165) is 4.88 Å². The first kappa shape index (κ1) is 17.7. The van der Waals surface area contributed by atoms with Gasteiger partial charge in [-0.15, -0.1) is 11.3 Å². The van der Waals surface area contributed by atoms with Gasteiger partial charge in [-0.05, 0) is 31.5 Å². The molecule has 23 heavy (non-hydrogen) atoms. The van der Waals surface area contributed by atoms with Crippen molar-refractivity contribution in [2.45, 2.75) is 26.3 Å². The Bertz CT molecular complexity index is 826. The van der Waals surface area contributed by atoms with Crippen molar-refractivity contribution in [3.8, 4) is 0 Å². The van der Waals surface area contributed by atoms with Crippen LogP contribution in [0.15, 0.2) is 29.4 Å². The number of nitrogens with zero attached hydrogens (tertiary/aromatic N) is 2. The number of primary amides is 1. The predicted octanol–water partition coefficient (Wildman–Crippen LogP) is 3.34. The van der Waals surface area contributed by atoms with Crippen molar-refractivity contribution < 1.29 is 9.59 Å². The average molecular weight is 372 g/mol. The molecule has 0 bridgehead atoms. The van der Waals surface area contributed by atoms with Gasteiger partial charge in [0.2, 0.25) is 5.91 Å². The Kier molecular flexibility index (Phi) is 5.62. The molecule has 0 spiro atoms. The third kappa shape index (κ3) is 4.02. The summed E-state index contributed by atoms with van der Waals surface area (Å²) in [5, 5.41) is 0.668. The van der Waals surface area contributed by atoms with Gasteiger partial charge in [0.25, 0.3) is 5.91 Å². The Balaban J connectivity index is 2.51. The van der Waals surface area contributed by atoms with Crippen LogP contribution in [-0.4, -0.2) is 16.4 Å². The van der Waals surface area contributed by atoms with E-state index < -0.39 is 17.9 Å². The Hall–Kier alpha value is -1.63. The molecular formula is C15H15Cl2N3O2S. The maximum Gasteiger partial charge on any atom is 0.281 e. The Morgan fingerprint density at radius 2 is 2.09 bits per heavy atom. The second-order valence-electron chi connectivity index (χ2n) is 4.90. The van der Waals surface area contributed by atoms with E-state index in [-0.39, 0.29) is 10.6 Å². The van der Waals surface area contributed by atoms with E-state index in [4.69, 9.17) is 28.9 Å². The zero-order valence-corrected chi connectivity index (χ0v) is 14.9. The molecule has 2 aromatic rings. The number of carbonyl (C=O) groups excluding carboxylic acids is 2. The van der Waals surface area contributed by atoms with E-state index in [1.165, 1.54) is 23.5 Å². The van der Waals surface area contributed by atoms with Crippen LogP contribution in [0.1, 0.15) is 34.6 Å². The van der Waals surface area contributed by atoms with Gasteiger partial charge >= 0.3 is 0 Å². The molecule has 0 fully saturated rings. The molecule has 122 valence electrons. The van der Waals surface area contributed by atoms with Crippen molar-refractivity contribution >= 4 is 46.4 Å². The molecule has 2 N–H and O–H groups in total. The van der Waals surface area contributed by atoms with Gasteiger partial charge in [0.1, 0.15) is 6.04 Å². The lowest BCUT2D eigenvalue weighted by Crippen LogP contribution is -2.31. The number of aryl methyl sites for hydroxylation is 1. The number of rotatable bonds is 4. The average Bonchev–Trinajstić information content (AvgIpc) is 2.79. The van der Waals surface area contributed by atoms with E-state index >= 15 is 0 Å². The highest BCUT2D eigenvalue weighted by Gasteiger charge is 2.18.